The van der Waals surface area contributed by atoms with Crippen LogP contribution in [0.2, 0.25) is 0 Å². The van der Waals surface area contributed by atoms with E-state index in [1.165, 1.54) is 0 Å². The molecule has 0 saturated heterocycles. The van der Waals surface area contributed by atoms with Crippen LogP contribution in [0.3, 0.4) is 0 Å². The number of para-hydroxylation sites is 1. The maximum absolute atomic E-state index is 5.79. The second-order valence-corrected chi connectivity index (χ2v) is 6.05. The number of nitrogens with two attached hydrogens (primary N) is 1. The van der Waals surface area contributed by atoms with Gasteiger partial charge in [0.1, 0.15) is 12.4 Å². The van der Waals surface area contributed by atoms with Gasteiger partial charge in [-0.05, 0) is 11.5 Å². The molecule has 2 atom stereocenters. The second kappa shape index (κ2) is 8.34. The van der Waals surface area contributed by atoms with Gasteiger partial charge in [-0.3, -0.25) is 11.3 Å². The van der Waals surface area contributed by atoms with Crippen LogP contribution in [0.5, 0.6) is 5.75 Å². The SMILES string of the molecule is COCCOc1ccccc1C(NN)C(OC)C(C)(C)C. The Morgan fingerprint density at radius 2 is 1.81 bits per heavy atom. The topological polar surface area (TPSA) is 65.7 Å². The molecule has 2 unspecified atom stereocenters. The lowest BCUT2D eigenvalue weighted by Crippen LogP contribution is -2.44. The van der Waals surface area contributed by atoms with Crippen LogP contribution in [0, 0.1) is 5.41 Å². The van der Waals surface area contributed by atoms with Crippen molar-refractivity contribution in [2.45, 2.75) is 32.9 Å². The minimum absolute atomic E-state index is 0.0641. The Morgan fingerprint density at radius 1 is 1.14 bits per heavy atom. The Morgan fingerprint density at radius 3 is 2.33 bits per heavy atom. The molecule has 3 N–H and O–H groups in total. The van der Waals surface area contributed by atoms with Crippen molar-refractivity contribution in [3.05, 3.63) is 29.8 Å². The van der Waals surface area contributed by atoms with Crippen LogP contribution in [0.15, 0.2) is 24.3 Å². The van der Waals surface area contributed by atoms with Gasteiger partial charge < -0.3 is 14.2 Å². The van der Waals surface area contributed by atoms with E-state index in [0.717, 1.165) is 11.3 Å². The van der Waals surface area contributed by atoms with E-state index in [1.54, 1.807) is 14.2 Å². The molecular formula is C16H28N2O3. The van der Waals surface area contributed by atoms with Gasteiger partial charge >= 0.3 is 0 Å². The molecule has 0 bridgehead atoms. The average molecular weight is 296 g/mol. The summed E-state index contributed by atoms with van der Waals surface area (Å²) in [4.78, 5) is 0. The highest BCUT2D eigenvalue weighted by Crippen LogP contribution is 2.35. The van der Waals surface area contributed by atoms with Gasteiger partial charge in [-0.2, -0.15) is 0 Å². The molecule has 1 aromatic carbocycles. The van der Waals surface area contributed by atoms with E-state index in [4.69, 9.17) is 20.1 Å². The van der Waals surface area contributed by atoms with Crippen molar-refractivity contribution < 1.29 is 14.2 Å². The molecule has 0 fully saturated rings. The molecule has 1 aromatic rings. The fourth-order valence-electron chi connectivity index (χ4n) is 2.43. The molecule has 1 rings (SSSR count). The third-order valence-electron chi connectivity index (χ3n) is 3.39. The summed E-state index contributed by atoms with van der Waals surface area (Å²) in [6.45, 7) is 7.42. The molecule has 0 saturated carbocycles. The summed E-state index contributed by atoms with van der Waals surface area (Å²) in [6.07, 6.45) is -0.0883. The monoisotopic (exact) mass is 296 g/mol. The Hall–Kier alpha value is -1.14. The Balaban J connectivity index is 3.04. The van der Waals surface area contributed by atoms with Gasteiger partial charge in [0, 0.05) is 19.8 Å². The summed E-state index contributed by atoms with van der Waals surface area (Å²) in [5.41, 5.74) is 3.79. The van der Waals surface area contributed by atoms with Crippen LogP contribution in [-0.2, 0) is 9.47 Å². The standard InChI is InChI=1S/C16H28N2O3/c1-16(2,3)15(20-5)14(18-17)12-8-6-7-9-13(12)21-11-10-19-4/h6-9,14-15,18H,10-11,17H2,1-5H3. The normalized spacial score (nSPS) is 14.8. The van der Waals surface area contributed by atoms with Gasteiger partial charge in [0.2, 0.25) is 0 Å². The van der Waals surface area contributed by atoms with Crippen molar-refractivity contribution in [3.63, 3.8) is 0 Å². The summed E-state index contributed by atoms with van der Waals surface area (Å²) in [6, 6.07) is 7.69. The molecule has 0 aliphatic heterocycles. The highest BCUT2D eigenvalue weighted by atomic mass is 16.5. The van der Waals surface area contributed by atoms with Gasteiger partial charge in [-0.25, -0.2) is 0 Å². The van der Waals surface area contributed by atoms with Crippen molar-refractivity contribution in [2.75, 3.05) is 27.4 Å². The summed E-state index contributed by atoms with van der Waals surface area (Å²) < 4.78 is 16.5. The number of rotatable bonds is 8. The number of methoxy groups -OCH3 is 2. The zero-order valence-corrected chi connectivity index (χ0v) is 13.7. The quantitative estimate of drug-likeness (QED) is 0.438. The average Bonchev–Trinajstić information content (AvgIpc) is 2.44. The lowest BCUT2D eigenvalue weighted by molar-refractivity contribution is -0.0127. The molecule has 0 radical (unpaired) electrons. The Labute approximate surface area is 127 Å². The lowest BCUT2D eigenvalue weighted by Gasteiger charge is -2.36. The van der Waals surface area contributed by atoms with Crippen LogP contribution < -0.4 is 16.0 Å². The van der Waals surface area contributed by atoms with Crippen LogP contribution >= 0.6 is 0 Å². The fourth-order valence-corrected chi connectivity index (χ4v) is 2.43. The maximum atomic E-state index is 5.79. The van der Waals surface area contributed by atoms with Gasteiger partial charge in [0.15, 0.2) is 0 Å². The predicted octanol–water partition coefficient (Wildman–Crippen LogP) is 2.28. The van der Waals surface area contributed by atoms with Gasteiger partial charge in [-0.1, -0.05) is 39.0 Å². The summed E-state index contributed by atoms with van der Waals surface area (Å²) >= 11 is 0. The number of hydrazine groups is 1. The molecule has 0 aliphatic carbocycles. The van der Waals surface area contributed by atoms with Crippen LogP contribution in [0.25, 0.3) is 0 Å². The number of ether oxygens (including phenoxy) is 3. The second-order valence-electron chi connectivity index (χ2n) is 6.05. The van der Waals surface area contributed by atoms with Gasteiger partial charge in [0.05, 0.1) is 18.8 Å². The molecular weight excluding hydrogens is 268 g/mol. The van der Waals surface area contributed by atoms with E-state index in [9.17, 15) is 0 Å². The predicted molar refractivity (Wildman–Crippen MR) is 84.1 cm³/mol. The smallest absolute Gasteiger partial charge is 0.124 e. The number of benzene rings is 1. The molecule has 5 nitrogen and oxygen atoms in total. The maximum Gasteiger partial charge on any atom is 0.124 e. The van der Waals surface area contributed by atoms with E-state index in [0.29, 0.717) is 13.2 Å². The molecule has 0 amide bonds. The lowest BCUT2D eigenvalue weighted by atomic mass is 9.82. The number of nitrogens with one attached hydrogen (secondary N) is 1. The van der Waals surface area contributed by atoms with Crippen molar-refractivity contribution in [2.24, 2.45) is 11.3 Å². The highest BCUT2D eigenvalue weighted by Gasteiger charge is 2.34. The van der Waals surface area contributed by atoms with E-state index in [2.05, 4.69) is 26.2 Å². The fraction of sp³-hybridized carbons (Fsp3) is 0.625. The van der Waals surface area contributed by atoms with E-state index in [-0.39, 0.29) is 17.6 Å². The van der Waals surface area contributed by atoms with E-state index >= 15 is 0 Å². The molecule has 0 heterocycles. The summed E-state index contributed by atoms with van der Waals surface area (Å²) in [5, 5.41) is 0. The Kier molecular flexibility index (Phi) is 7.11. The molecule has 5 heteroatoms. The van der Waals surface area contributed by atoms with Crippen molar-refractivity contribution >= 4 is 0 Å². The van der Waals surface area contributed by atoms with Crippen LogP contribution in [-0.4, -0.2) is 33.5 Å². The van der Waals surface area contributed by atoms with Crippen LogP contribution in [0.1, 0.15) is 32.4 Å². The minimum Gasteiger partial charge on any atom is -0.491 e. The van der Waals surface area contributed by atoms with Crippen molar-refractivity contribution in [3.8, 4) is 5.75 Å². The first-order valence-corrected chi connectivity index (χ1v) is 7.15. The van der Waals surface area contributed by atoms with Crippen molar-refractivity contribution in [1.29, 1.82) is 0 Å². The third-order valence-corrected chi connectivity index (χ3v) is 3.39. The number of hydrogen-bond acceptors (Lipinski definition) is 5. The molecule has 120 valence electrons. The van der Waals surface area contributed by atoms with E-state index in [1.807, 2.05) is 24.3 Å². The zero-order valence-electron chi connectivity index (χ0n) is 13.7. The largest absolute Gasteiger partial charge is 0.491 e. The van der Waals surface area contributed by atoms with Crippen LogP contribution in [0.4, 0.5) is 0 Å². The highest BCUT2D eigenvalue weighted by molar-refractivity contribution is 5.37. The molecule has 0 aromatic heterocycles. The van der Waals surface area contributed by atoms with E-state index < -0.39 is 0 Å². The first-order chi connectivity index (χ1) is 9.95. The minimum atomic E-state index is -0.159. The first kappa shape index (κ1) is 17.9. The van der Waals surface area contributed by atoms with Gasteiger partial charge in [0.25, 0.3) is 0 Å². The number of hydrogen-bond donors (Lipinski definition) is 2. The summed E-state index contributed by atoms with van der Waals surface area (Å²) in [7, 11) is 3.36. The van der Waals surface area contributed by atoms with Gasteiger partial charge in [-0.15, -0.1) is 0 Å². The van der Waals surface area contributed by atoms with Crippen molar-refractivity contribution in [1.82, 2.24) is 5.43 Å². The molecule has 0 aliphatic rings. The summed E-state index contributed by atoms with van der Waals surface area (Å²) in [5.74, 6) is 6.59. The molecule has 0 spiro atoms. The first-order valence-electron chi connectivity index (χ1n) is 7.15. The molecule has 21 heavy (non-hydrogen) atoms. The Bertz CT molecular complexity index is 418. The third kappa shape index (κ3) is 4.97. The zero-order chi connectivity index (χ0) is 15.9.